The van der Waals surface area contributed by atoms with Crippen LogP contribution < -0.4 is 5.32 Å². The van der Waals surface area contributed by atoms with Crippen molar-refractivity contribution in [2.24, 2.45) is 5.92 Å². The summed E-state index contributed by atoms with van der Waals surface area (Å²) in [5, 5.41) is 3.54. The number of carbonyl (C=O) groups is 1. The largest absolute Gasteiger partial charge is 0.341 e. The first kappa shape index (κ1) is 13.5. The van der Waals surface area contributed by atoms with E-state index in [1.54, 1.807) is 0 Å². The molecular formula is C13H26N2O. The maximum absolute atomic E-state index is 11.7. The molecule has 1 aliphatic heterocycles. The monoisotopic (exact) mass is 226 g/mol. The van der Waals surface area contributed by atoms with Gasteiger partial charge in [-0.2, -0.15) is 0 Å². The fourth-order valence-electron chi connectivity index (χ4n) is 2.37. The Balaban J connectivity index is 2.38. The van der Waals surface area contributed by atoms with Crippen molar-refractivity contribution in [1.29, 1.82) is 0 Å². The molecule has 2 atom stereocenters. The SMILES string of the molecule is CCCNC(CCC)CN1CC(C)CC1=O. The van der Waals surface area contributed by atoms with Crippen molar-refractivity contribution >= 4 is 5.91 Å². The summed E-state index contributed by atoms with van der Waals surface area (Å²) >= 11 is 0. The van der Waals surface area contributed by atoms with E-state index in [-0.39, 0.29) is 0 Å². The third-order valence-corrected chi connectivity index (χ3v) is 3.17. The van der Waals surface area contributed by atoms with Crippen molar-refractivity contribution in [3.8, 4) is 0 Å². The highest BCUT2D eigenvalue weighted by Gasteiger charge is 2.27. The van der Waals surface area contributed by atoms with Crippen LogP contribution in [0.4, 0.5) is 0 Å². The quantitative estimate of drug-likeness (QED) is 0.720. The van der Waals surface area contributed by atoms with E-state index in [4.69, 9.17) is 0 Å². The first-order valence-electron chi connectivity index (χ1n) is 6.68. The first-order valence-corrected chi connectivity index (χ1v) is 6.68. The van der Waals surface area contributed by atoms with Gasteiger partial charge in [0.2, 0.25) is 5.91 Å². The molecule has 0 radical (unpaired) electrons. The molecule has 0 aromatic heterocycles. The minimum Gasteiger partial charge on any atom is -0.341 e. The topological polar surface area (TPSA) is 32.3 Å². The molecule has 94 valence electrons. The normalized spacial score (nSPS) is 22.8. The molecule has 1 N–H and O–H groups in total. The van der Waals surface area contributed by atoms with Gasteiger partial charge < -0.3 is 10.2 Å². The van der Waals surface area contributed by atoms with Crippen molar-refractivity contribution in [1.82, 2.24) is 10.2 Å². The molecule has 1 fully saturated rings. The number of hydrogen-bond acceptors (Lipinski definition) is 2. The van der Waals surface area contributed by atoms with Gasteiger partial charge in [0.1, 0.15) is 0 Å². The highest BCUT2D eigenvalue weighted by atomic mass is 16.2. The number of hydrogen-bond donors (Lipinski definition) is 1. The average Bonchev–Trinajstić information content (AvgIpc) is 2.54. The van der Waals surface area contributed by atoms with Gasteiger partial charge in [-0.3, -0.25) is 4.79 Å². The van der Waals surface area contributed by atoms with Crippen molar-refractivity contribution in [3.05, 3.63) is 0 Å². The maximum atomic E-state index is 11.7. The molecule has 1 aliphatic rings. The summed E-state index contributed by atoms with van der Waals surface area (Å²) in [6.07, 6.45) is 4.24. The second kappa shape index (κ2) is 6.89. The summed E-state index contributed by atoms with van der Waals surface area (Å²) in [6.45, 7) is 9.45. The summed E-state index contributed by atoms with van der Waals surface area (Å²) < 4.78 is 0. The van der Waals surface area contributed by atoms with Crippen LogP contribution in [-0.2, 0) is 4.79 Å². The van der Waals surface area contributed by atoms with Gasteiger partial charge in [0.15, 0.2) is 0 Å². The summed E-state index contributed by atoms with van der Waals surface area (Å²) in [6, 6.07) is 0.485. The minimum absolute atomic E-state index is 0.340. The van der Waals surface area contributed by atoms with Gasteiger partial charge >= 0.3 is 0 Å². The molecular weight excluding hydrogens is 200 g/mol. The van der Waals surface area contributed by atoms with Crippen molar-refractivity contribution in [2.45, 2.75) is 52.5 Å². The molecule has 2 unspecified atom stereocenters. The molecule has 0 aromatic carbocycles. The maximum Gasteiger partial charge on any atom is 0.222 e. The van der Waals surface area contributed by atoms with Gasteiger partial charge in [-0.05, 0) is 25.3 Å². The second-order valence-corrected chi connectivity index (χ2v) is 5.05. The van der Waals surface area contributed by atoms with Gasteiger partial charge in [-0.1, -0.05) is 27.2 Å². The zero-order valence-electron chi connectivity index (χ0n) is 11.0. The number of amides is 1. The van der Waals surface area contributed by atoms with E-state index in [9.17, 15) is 4.79 Å². The van der Waals surface area contributed by atoms with Crippen LogP contribution in [0.3, 0.4) is 0 Å². The molecule has 0 saturated carbocycles. The predicted octanol–water partition coefficient (Wildman–Crippen LogP) is 2.02. The lowest BCUT2D eigenvalue weighted by Gasteiger charge is -2.24. The summed E-state index contributed by atoms with van der Waals surface area (Å²) in [4.78, 5) is 13.7. The Bertz CT molecular complexity index is 218. The van der Waals surface area contributed by atoms with Gasteiger partial charge in [0, 0.05) is 25.6 Å². The third kappa shape index (κ3) is 4.12. The van der Waals surface area contributed by atoms with E-state index < -0.39 is 0 Å². The molecule has 3 heteroatoms. The van der Waals surface area contributed by atoms with Crippen LogP contribution in [0, 0.1) is 5.92 Å². The summed E-state index contributed by atoms with van der Waals surface area (Å²) in [5.41, 5.74) is 0. The molecule has 1 amide bonds. The molecule has 0 bridgehead atoms. The van der Waals surface area contributed by atoms with E-state index in [1.807, 2.05) is 4.90 Å². The minimum atomic E-state index is 0.340. The van der Waals surface area contributed by atoms with E-state index >= 15 is 0 Å². The lowest BCUT2D eigenvalue weighted by atomic mass is 10.1. The Kier molecular flexibility index (Phi) is 5.81. The lowest BCUT2D eigenvalue weighted by molar-refractivity contribution is -0.128. The van der Waals surface area contributed by atoms with E-state index in [2.05, 4.69) is 26.1 Å². The van der Waals surface area contributed by atoms with Gasteiger partial charge in [-0.15, -0.1) is 0 Å². The van der Waals surface area contributed by atoms with E-state index in [0.29, 0.717) is 17.9 Å². The number of likely N-dealkylation sites (tertiary alicyclic amines) is 1. The van der Waals surface area contributed by atoms with Crippen LogP contribution in [0.2, 0.25) is 0 Å². The molecule has 3 nitrogen and oxygen atoms in total. The smallest absolute Gasteiger partial charge is 0.222 e. The summed E-state index contributed by atoms with van der Waals surface area (Å²) in [5.74, 6) is 0.882. The van der Waals surface area contributed by atoms with E-state index in [1.165, 1.54) is 6.42 Å². The third-order valence-electron chi connectivity index (χ3n) is 3.17. The first-order chi connectivity index (χ1) is 7.67. The van der Waals surface area contributed by atoms with Crippen LogP contribution in [0.15, 0.2) is 0 Å². The molecule has 16 heavy (non-hydrogen) atoms. The Labute approximate surface area is 99.6 Å². The zero-order valence-corrected chi connectivity index (χ0v) is 11.0. The lowest BCUT2D eigenvalue weighted by Crippen LogP contribution is -2.42. The number of nitrogens with one attached hydrogen (secondary N) is 1. The van der Waals surface area contributed by atoms with Crippen molar-refractivity contribution in [2.75, 3.05) is 19.6 Å². The van der Waals surface area contributed by atoms with Crippen LogP contribution in [0.1, 0.15) is 46.5 Å². The predicted molar refractivity (Wildman–Crippen MR) is 67.4 cm³/mol. The number of carbonyl (C=O) groups excluding carboxylic acids is 1. The average molecular weight is 226 g/mol. The Morgan fingerprint density at radius 2 is 2.19 bits per heavy atom. The van der Waals surface area contributed by atoms with Crippen molar-refractivity contribution < 1.29 is 4.79 Å². The highest BCUT2D eigenvalue weighted by molar-refractivity contribution is 5.78. The number of rotatable bonds is 7. The van der Waals surface area contributed by atoms with Crippen LogP contribution >= 0.6 is 0 Å². The molecule has 1 heterocycles. The standard InChI is InChI=1S/C13H26N2O/c1-4-6-12(14-7-5-2)10-15-9-11(3)8-13(15)16/h11-12,14H,4-10H2,1-3H3. The van der Waals surface area contributed by atoms with Crippen LogP contribution in [0.25, 0.3) is 0 Å². The molecule has 0 aromatic rings. The fourth-order valence-corrected chi connectivity index (χ4v) is 2.37. The molecule has 1 saturated heterocycles. The van der Waals surface area contributed by atoms with Crippen LogP contribution in [-0.4, -0.2) is 36.5 Å². The van der Waals surface area contributed by atoms with Crippen LogP contribution in [0.5, 0.6) is 0 Å². The molecule has 0 spiro atoms. The van der Waals surface area contributed by atoms with Crippen molar-refractivity contribution in [3.63, 3.8) is 0 Å². The zero-order chi connectivity index (χ0) is 12.0. The Hall–Kier alpha value is -0.570. The Morgan fingerprint density at radius 1 is 1.44 bits per heavy atom. The van der Waals surface area contributed by atoms with Gasteiger partial charge in [-0.25, -0.2) is 0 Å². The molecule has 1 rings (SSSR count). The van der Waals surface area contributed by atoms with E-state index in [0.717, 1.165) is 38.9 Å². The fraction of sp³-hybridized carbons (Fsp3) is 0.923. The Morgan fingerprint density at radius 3 is 2.69 bits per heavy atom. The number of nitrogens with zero attached hydrogens (tertiary/aromatic N) is 1. The highest BCUT2D eigenvalue weighted by Crippen LogP contribution is 2.17. The van der Waals surface area contributed by atoms with Gasteiger partial charge in [0.05, 0.1) is 0 Å². The summed E-state index contributed by atoms with van der Waals surface area (Å²) in [7, 11) is 0. The molecule has 0 aliphatic carbocycles. The van der Waals surface area contributed by atoms with Gasteiger partial charge in [0.25, 0.3) is 0 Å². The second-order valence-electron chi connectivity index (χ2n) is 5.05.